The molecular weight excluding hydrogens is 468 g/mol. The number of carbonyl (C=O) groups excluding carboxylic acids is 1. The van der Waals surface area contributed by atoms with Crippen LogP contribution in [0.15, 0.2) is 61.1 Å². The lowest BCUT2D eigenvalue weighted by Crippen LogP contribution is -2.61. The number of rotatable bonds is 8. The maximum absolute atomic E-state index is 12.3. The van der Waals surface area contributed by atoms with Crippen LogP contribution in [0.3, 0.4) is 0 Å². The van der Waals surface area contributed by atoms with E-state index in [2.05, 4.69) is 41.9 Å². The smallest absolute Gasteiger partial charge is 0.220 e. The highest BCUT2D eigenvalue weighted by atomic mass is 16.5. The maximum Gasteiger partial charge on any atom is 0.220 e. The Morgan fingerprint density at radius 2 is 1.73 bits per heavy atom. The van der Waals surface area contributed by atoms with Crippen LogP contribution < -0.4 is 11.5 Å². The van der Waals surface area contributed by atoms with Crippen molar-refractivity contribution in [2.45, 2.75) is 25.2 Å². The minimum Gasteiger partial charge on any atom is -0.383 e. The number of methoxy groups -OCH3 is 1. The first-order valence-corrected chi connectivity index (χ1v) is 12.1. The van der Waals surface area contributed by atoms with Crippen LogP contribution in [0.2, 0.25) is 0 Å². The fourth-order valence-corrected chi connectivity index (χ4v) is 4.97. The highest BCUT2D eigenvalue weighted by Gasteiger charge is 2.36. The largest absolute Gasteiger partial charge is 0.383 e. The summed E-state index contributed by atoms with van der Waals surface area (Å²) in [5, 5.41) is 0.828. The maximum atomic E-state index is 12.3. The van der Waals surface area contributed by atoms with Gasteiger partial charge in [0.2, 0.25) is 5.95 Å². The molecule has 2 atom stereocenters. The van der Waals surface area contributed by atoms with E-state index in [0.29, 0.717) is 25.5 Å². The average Bonchev–Trinajstić information content (AvgIpc) is 2.91. The number of benzene rings is 2. The lowest BCUT2D eigenvalue weighted by Gasteiger charge is -2.45. The lowest BCUT2D eigenvalue weighted by molar-refractivity contribution is -0.120. The first-order valence-electron chi connectivity index (χ1n) is 12.1. The predicted octanol–water partition coefficient (Wildman–Crippen LogP) is 2.15. The molecule has 1 fully saturated rings. The van der Waals surface area contributed by atoms with Gasteiger partial charge >= 0.3 is 0 Å². The molecule has 4 N–H and O–H groups in total. The summed E-state index contributed by atoms with van der Waals surface area (Å²) < 4.78 is 5.55. The van der Waals surface area contributed by atoms with Crippen LogP contribution in [0.25, 0.3) is 22.2 Å². The molecule has 0 amide bonds. The predicted molar refractivity (Wildman–Crippen MR) is 142 cm³/mol. The van der Waals surface area contributed by atoms with Gasteiger partial charge in [0.05, 0.1) is 29.9 Å². The van der Waals surface area contributed by atoms with Crippen molar-refractivity contribution in [3.63, 3.8) is 0 Å². The van der Waals surface area contributed by atoms with Gasteiger partial charge in [0.15, 0.2) is 0 Å². The Balaban J connectivity index is 1.31. The minimum atomic E-state index is -0.303. The normalized spacial score (nSPS) is 18.7. The van der Waals surface area contributed by atoms with Gasteiger partial charge < -0.3 is 21.0 Å². The molecule has 0 bridgehead atoms. The van der Waals surface area contributed by atoms with Gasteiger partial charge in [0.25, 0.3) is 0 Å². The van der Waals surface area contributed by atoms with Crippen molar-refractivity contribution in [1.29, 1.82) is 0 Å². The Morgan fingerprint density at radius 3 is 2.49 bits per heavy atom. The van der Waals surface area contributed by atoms with Crippen LogP contribution in [-0.2, 0) is 22.6 Å². The van der Waals surface area contributed by atoms with Crippen LogP contribution in [0.4, 0.5) is 11.8 Å². The topological polar surface area (TPSA) is 136 Å². The molecule has 2 aromatic heterocycles. The average molecular weight is 499 g/mol. The van der Waals surface area contributed by atoms with Gasteiger partial charge in [-0.05, 0) is 29.3 Å². The number of hydrogen-bond donors (Lipinski definition) is 2. The van der Waals surface area contributed by atoms with Crippen molar-refractivity contribution in [2.24, 2.45) is 0 Å². The number of carbonyl (C=O) groups is 1. The van der Waals surface area contributed by atoms with Crippen LogP contribution in [0.1, 0.15) is 11.1 Å². The van der Waals surface area contributed by atoms with Gasteiger partial charge in [-0.2, -0.15) is 0 Å². The third kappa shape index (κ3) is 5.41. The zero-order chi connectivity index (χ0) is 25.8. The number of nitrogens with two attached hydrogens (primary N) is 2. The van der Waals surface area contributed by atoms with E-state index in [1.807, 2.05) is 36.4 Å². The molecule has 37 heavy (non-hydrogen) atoms. The molecule has 1 unspecified atom stereocenters. The van der Waals surface area contributed by atoms with Crippen molar-refractivity contribution in [2.75, 3.05) is 38.3 Å². The summed E-state index contributed by atoms with van der Waals surface area (Å²) in [4.78, 5) is 33.5. The standard InChI is InChI=1S/C27H30N8O2/c1-37-16-25-24(15-36)34(14-19-4-7-21-23(12-19)31-17-32-26(21)28)10-11-35(25)13-18-2-5-20(6-3-18)22-8-9-30-27(29)33-22/h2-9,12,15,17,24-25H,10-11,13-14,16H2,1H3,(H2,28,31,32)(H2,29,30,33)/t24?,25-/m1/s1. The molecule has 3 heterocycles. The molecule has 0 saturated carbocycles. The van der Waals surface area contributed by atoms with Crippen molar-refractivity contribution in [1.82, 2.24) is 29.7 Å². The molecule has 1 saturated heterocycles. The number of nitrogen functional groups attached to an aromatic ring is 2. The monoisotopic (exact) mass is 498 g/mol. The summed E-state index contributed by atoms with van der Waals surface area (Å²) in [6, 6.07) is 15.7. The van der Waals surface area contributed by atoms with Gasteiger partial charge in [-0.1, -0.05) is 30.3 Å². The number of piperazine rings is 1. The third-order valence-electron chi connectivity index (χ3n) is 6.86. The van der Waals surface area contributed by atoms with Crippen molar-refractivity contribution < 1.29 is 9.53 Å². The molecule has 10 heteroatoms. The zero-order valence-electron chi connectivity index (χ0n) is 20.7. The first-order chi connectivity index (χ1) is 18.1. The summed E-state index contributed by atoms with van der Waals surface area (Å²) >= 11 is 0. The number of nitrogens with zero attached hydrogens (tertiary/aromatic N) is 6. The number of anilines is 2. The van der Waals surface area contributed by atoms with E-state index in [1.54, 1.807) is 13.3 Å². The van der Waals surface area contributed by atoms with Gasteiger partial charge in [-0.3, -0.25) is 9.80 Å². The molecule has 0 aliphatic carbocycles. The van der Waals surface area contributed by atoms with E-state index in [1.165, 1.54) is 6.33 Å². The van der Waals surface area contributed by atoms with Gasteiger partial charge in [0.1, 0.15) is 18.4 Å². The Bertz CT molecular complexity index is 1380. The molecular formula is C27H30N8O2. The van der Waals surface area contributed by atoms with E-state index >= 15 is 0 Å². The van der Waals surface area contributed by atoms with E-state index in [9.17, 15) is 4.79 Å². The van der Waals surface area contributed by atoms with E-state index < -0.39 is 0 Å². The second-order valence-electron chi connectivity index (χ2n) is 9.20. The van der Waals surface area contributed by atoms with Gasteiger partial charge in [-0.15, -0.1) is 0 Å². The first kappa shape index (κ1) is 24.7. The quantitative estimate of drug-likeness (QED) is 0.348. The highest BCUT2D eigenvalue weighted by molar-refractivity contribution is 5.88. The van der Waals surface area contributed by atoms with Crippen LogP contribution in [0, 0.1) is 0 Å². The molecule has 0 radical (unpaired) electrons. The number of ether oxygens (including phenoxy) is 1. The van der Waals surface area contributed by atoms with Crippen LogP contribution in [-0.4, -0.2) is 74.9 Å². The molecule has 1 aliphatic heterocycles. The van der Waals surface area contributed by atoms with Crippen LogP contribution in [0.5, 0.6) is 0 Å². The van der Waals surface area contributed by atoms with Crippen molar-refractivity contribution in [3.05, 3.63) is 72.2 Å². The Morgan fingerprint density at radius 1 is 0.973 bits per heavy atom. The van der Waals surface area contributed by atoms with E-state index in [4.69, 9.17) is 16.2 Å². The zero-order valence-corrected chi connectivity index (χ0v) is 20.7. The summed E-state index contributed by atoms with van der Waals surface area (Å²) in [6.45, 7) is 3.37. The summed E-state index contributed by atoms with van der Waals surface area (Å²) in [5.74, 6) is 0.716. The van der Waals surface area contributed by atoms with Gasteiger partial charge in [-0.25, -0.2) is 19.9 Å². The van der Waals surface area contributed by atoms with Gasteiger partial charge in [0, 0.05) is 50.4 Å². The fourth-order valence-electron chi connectivity index (χ4n) is 4.97. The van der Waals surface area contributed by atoms with Crippen molar-refractivity contribution >= 4 is 29.0 Å². The summed E-state index contributed by atoms with van der Waals surface area (Å²) in [5.41, 5.74) is 16.5. The molecule has 5 rings (SSSR count). The SMILES string of the molecule is COC[C@@H]1C(C=O)N(Cc2ccc3c(N)ncnc3c2)CCN1Cc1ccc(-c2ccnc(N)n2)cc1. The fraction of sp³-hybridized carbons (Fsp3) is 0.296. The third-order valence-corrected chi connectivity index (χ3v) is 6.86. The van der Waals surface area contributed by atoms with E-state index in [0.717, 1.165) is 52.7 Å². The second-order valence-corrected chi connectivity index (χ2v) is 9.20. The summed E-state index contributed by atoms with van der Waals surface area (Å²) in [6.07, 6.45) is 4.17. The van der Waals surface area contributed by atoms with Crippen LogP contribution >= 0.6 is 0 Å². The molecule has 0 spiro atoms. The molecule has 2 aromatic carbocycles. The Labute approximate surface area is 215 Å². The highest BCUT2D eigenvalue weighted by Crippen LogP contribution is 2.25. The Hall–Kier alpha value is -3.99. The number of aromatic nitrogens is 4. The number of hydrogen-bond acceptors (Lipinski definition) is 10. The minimum absolute atomic E-state index is 0.0731. The second kappa shape index (κ2) is 11.0. The number of aldehydes is 1. The molecule has 190 valence electrons. The Kier molecular flexibility index (Phi) is 7.31. The lowest BCUT2D eigenvalue weighted by atomic mass is 10.00. The van der Waals surface area contributed by atoms with Crippen molar-refractivity contribution in [3.8, 4) is 11.3 Å². The molecule has 10 nitrogen and oxygen atoms in total. The number of fused-ring (bicyclic) bond motifs is 1. The summed E-state index contributed by atoms with van der Waals surface area (Å²) in [7, 11) is 1.68. The molecule has 4 aromatic rings. The molecule has 1 aliphatic rings. The van der Waals surface area contributed by atoms with E-state index in [-0.39, 0.29) is 18.0 Å².